The van der Waals surface area contributed by atoms with Gasteiger partial charge in [0.2, 0.25) is 0 Å². The molecule has 0 amide bonds. The first-order valence-electron chi connectivity index (χ1n) is 5.87. The second kappa shape index (κ2) is 3.86. The van der Waals surface area contributed by atoms with Gasteiger partial charge in [-0.25, -0.2) is 0 Å². The summed E-state index contributed by atoms with van der Waals surface area (Å²) in [5.41, 5.74) is 1.42. The summed E-state index contributed by atoms with van der Waals surface area (Å²) in [7, 11) is 0. The summed E-state index contributed by atoms with van der Waals surface area (Å²) in [4.78, 5) is 0. The fourth-order valence-electron chi connectivity index (χ4n) is 2.80. The fraction of sp³-hybridized carbons (Fsp3) is 0.538. The third-order valence-electron chi connectivity index (χ3n) is 3.64. The van der Waals surface area contributed by atoms with Crippen LogP contribution in [0.2, 0.25) is 0 Å². The lowest BCUT2D eigenvalue weighted by atomic mass is 9.83. The summed E-state index contributed by atoms with van der Waals surface area (Å²) in [6.45, 7) is 3.22. The molecule has 0 aromatic heterocycles. The Bertz CT molecular complexity index is 344. The van der Waals surface area contributed by atoms with Crippen molar-refractivity contribution >= 4 is 0 Å². The van der Waals surface area contributed by atoms with Crippen LogP contribution < -0.4 is 10.1 Å². The van der Waals surface area contributed by atoms with E-state index in [0.29, 0.717) is 5.92 Å². The molecule has 1 saturated heterocycles. The van der Waals surface area contributed by atoms with Crippen LogP contribution in [0.1, 0.15) is 24.3 Å². The van der Waals surface area contributed by atoms with Gasteiger partial charge in [0.25, 0.3) is 0 Å². The van der Waals surface area contributed by atoms with E-state index in [1.165, 1.54) is 24.9 Å². The molecular formula is C13H17NO. The highest BCUT2D eigenvalue weighted by atomic mass is 16.5. The molecule has 0 aliphatic carbocycles. The van der Waals surface area contributed by atoms with Crippen LogP contribution in [0, 0.1) is 5.92 Å². The lowest BCUT2D eigenvalue weighted by molar-refractivity contribution is 0.257. The molecule has 1 N–H and O–H groups in total. The maximum atomic E-state index is 5.74. The van der Waals surface area contributed by atoms with Gasteiger partial charge in [-0.15, -0.1) is 0 Å². The monoisotopic (exact) mass is 203 g/mol. The van der Waals surface area contributed by atoms with Crippen molar-refractivity contribution in [3.63, 3.8) is 0 Å². The van der Waals surface area contributed by atoms with Crippen molar-refractivity contribution in [2.45, 2.75) is 18.8 Å². The molecule has 2 unspecified atom stereocenters. The first-order valence-corrected chi connectivity index (χ1v) is 5.87. The minimum Gasteiger partial charge on any atom is -0.493 e. The molecule has 15 heavy (non-hydrogen) atoms. The molecule has 80 valence electrons. The van der Waals surface area contributed by atoms with E-state index < -0.39 is 0 Å². The highest BCUT2D eigenvalue weighted by Crippen LogP contribution is 2.39. The molecule has 2 nitrogen and oxygen atoms in total. The number of hydrogen-bond acceptors (Lipinski definition) is 2. The second-order valence-electron chi connectivity index (χ2n) is 4.56. The van der Waals surface area contributed by atoms with E-state index in [1.54, 1.807) is 0 Å². The molecule has 0 spiro atoms. The van der Waals surface area contributed by atoms with Crippen LogP contribution in [-0.4, -0.2) is 19.7 Å². The van der Waals surface area contributed by atoms with E-state index in [0.717, 1.165) is 24.8 Å². The predicted molar refractivity (Wildman–Crippen MR) is 60.3 cm³/mol. The molecule has 1 aromatic carbocycles. The minimum absolute atomic E-state index is 0.619. The lowest BCUT2D eigenvalue weighted by Crippen LogP contribution is -2.33. The van der Waals surface area contributed by atoms with Crippen molar-refractivity contribution in [3.8, 4) is 5.75 Å². The number of rotatable bonds is 1. The molecule has 2 atom stereocenters. The number of piperidine rings is 1. The Hall–Kier alpha value is -1.02. The quantitative estimate of drug-likeness (QED) is 0.755. The number of para-hydroxylation sites is 1. The lowest BCUT2D eigenvalue weighted by Gasteiger charge is -2.27. The zero-order valence-electron chi connectivity index (χ0n) is 8.91. The second-order valence-corrected chi connectivity index (χ2v) is 4.56. The number of fused-ring (bicyclic) bond motifs is 1. The van der Waals surface area contributed by atoms with E-state index in [4.69, 9.17) is 4.74 Å². The van der Waals surface area contributed by atoms with Crippen LogP contribution in [0.15, 0.2) is 24.3 Å². The Kier molecular flexibility index (Phi) is 2.37. The average Bonchev–Trinajstić information content (AvgIpc) is 2.74. The van der Waals surface area contributed by atoms with E-state index >= 15 is 0 Å². The van der Waals surface area contributed by atoms with Gasteiger partial charge in [-0.1, -0.05) is 18.2 Å². The van der Waals surface area contributed by atoms with Gasteiger partial charge < -0.3 is 10.1 Å². The summed E-state index contributed by atoms with van der Waals surface area (Å²) in [6.07, 6.45) is 2.65. The van der Waals surface area contributed by atoms with Crippen LogP contribution in [0.5, 0.6) is 5.75 Å². The Balaban J connectivity index is 1.83. The fourth-order valence-corrected chi connectivity index (χ4v) is 2.80. The van der Waals surface area contributed by atoms with Crippen molar-refractivity contribution in [2.75, 3.05) is 19.7 Å². The molecular weight excluding hydrogens is 186 g/mol. The van der Waals surface area contributed by atoms with Crippen LogP contribution in [0.3, 0.4) is 0 Å². The van der Waals surface area contributed by atoms with Crippen molar-refractivity contribution < 1.29 is 4.74 Å². The molecule has 1 aromatic rings. The molecule has 3 rings (SSSR count). The molecule has 2 heteroatoms. The summed E-state index contributed by atoms with van der Waals surface area (Å²) in [5, 5.41) is 3.49. The number of benzene rings is 1. The smallest absolute Gasteiger partial charge is 0.122 e. The summed E-state index contributed by atoms with van der Waals surface area (Å²) in [6, 6.07) is 8.49. The van der Waals surface area contributed by atoms with Crippen LogP contribution in [-0.2, 0) is 0 Å². The first kappa shape index (κ1) is 9.22. The number of ether oxygens (including phenoxy) is 1. The van der Waals surface area contributed by atoms with Gasteiger partial charge in [0.1, 0.15) is 5.75 Å². The highest BCUT2D eigenvalue weighted by molar-refractivity contribution is 5.40. The summed E-state index contributed by atoms with van der Waals surface area (Å²) >= 11 is 0. The van der Waals surface area contributed by atoms with Gasteiger partial charge in [0, 0.05) is 11.5 Å². The van der Waals surface area contributed by atoms with Gasteiger partial charge in [0.15, 0.2) is 0 Å². The normalized spacial score (nSPS) is 29.6. The van der Waals surface area contributed by atoms with Gasteiger partial charge in [-0.2, -0.15) is 0 Å². The topological polar surface area (TPSA) is 21.3 Å². The maximum Gasteiger partial charge on any atom is 0.122 e. The van der Waals surface area contributed by atoms with Crippen LogP contribution >= 0.6 is 0 Å². The minimum atomic E-state index is 0.619. The summed E-state index contributed by atoms with van der Waals surface area (Å²) < 4.78 is 5.74. The van der Waals surface area contributed by atoms with Crippen molar-refractivity contribution in [3.05, 3.63) is 29.8 Å². The predicted octanol–water partition coefficient (Wildman–Crippen LogP) is 2.16. The first-order chi connectivity index (χ1) is 7.45. The Morgan fingerprint density at radius 3 is 3.07 bits per heavy atom. The van der Waals surface area contributed by atoms with E-state index in [1.807, 2.05) is 0 Å². The number of nitrogens with one attached hydrogen (secondary N) is 1. The Labute approximate surface area is 90.6 Å². The standard InChI is InChI=1S/C13H17NO/c1-2-6-13-11(5-1)12(9-15-13)10-4-3-7-14-8-10/h1-2,5-6,10,12,14H,3-4,7-9H2. The zero-order chi connectivity index (χ0) is 10.1. The maximum absolute atomic E-state index is 5.74. The van der Waals surface area contributed by atoms with Crippen molar-refractivity contribution in [1.82, 2.24) is 5.32 Å². The van der Waals surface area contributed by atoms with Crippen molar-refractivity contribution in [2.24, 2.45) is 5.92 Å². The molecule has 1 fully saturated rings. The summed E-state index contributed by atoms with van der Waals surface area (Å²) in [5.74, 6) is 2.49. The number of hydrogen-bond donors (Lipinski definition) is 1. The highest BCUT2D eigenvalue weighted by Gasteiger charge is 2.31. The molecule has 2 heterocycles. The van der Waals surface area contributed by atoms with Gasteiger partial charge in [-0.05, 0) is 37.9 Å². The SMILES string of the molecule is c1ccc2c(c1)OCC2C1CCCNC1. The largest absolute Gasteiger partial charge is 0.493 e. The van der Waals surface area contributed by atoms with Crippen molar-refractivity contribution in [1.29, 1.82) is 0 Å². The molecule has 0 radical (unpaired) electrons. The van der Waals surface area contributed by atoms with Gasteiger partial charge in [0.05, 0.1) is 6.61 Å². The Morgan fingerprint density at radius 2 is 2.20 bits per heavy atom. The van der Waals surface area contributed by atoms with E-state index in [-0.39, 0.29) is 0 Å². The van der Waals surface area contributed by atoms with Gasteiger partial charge >= 0.3 is 0 Å². The van der Waals surface area contributed by atoms with Crippen LogP contribution in [0.25, 0.3) is 0 Å². The molecule has 0 saturated carbocycles. The van der Waals surface area contributed by atoms with Gasteiger partial charge in [-0.3, -0.25) is 0 Å². The zero-order valence-corrected chi connectivity index (χ0v) is 8.91. The van der Waals surface area contributed by atoms with E-state index in [2.05, 4.69) is 29.6 Å². The molecule has 0 bridgehead atoms. The van der Waals surface area contributed by atoms with E-state index in [9.17, 15) is 0 Å². The molecule has 2 aliphatic heterocycles. The Morgan fingerprint density at radius 1 is 1.27 bits per heavy atom. The van der Waals surface area contributed by atoms with Crippen LogP contribution in [0.4, 0.5) is 0 Å². The third kappa shape index (κ3) is 1.63. The molecule has 2 aliphatic rings. The average molecular weight is 203 g/mol. The third-order valence-corrected chi connectivity index (χ3v) is 3.64.